The molecule has 1 aromatic carbocycles. The Morgan fingerprint density at radius 2 is 1.84 bits per heavy atom. The zero-order chi connectivity index (χ0) is 23.7. The molecular formula is C24H28N2O4S2. The zero-order valence-electron chi connectivity index (χ0n) is 19.4. The quantitative estimate of drug-likeness (QED) is 0.319. The summed E-state index contributed by atoms with van der Waals surface area (Å²) < 4.78 is 15.5. The van der Waals surface area contributed by atoms with E-state index in [9.17, 15) is 9.59 Å². The lowest BCUT2D eigenvalue weighted by Gasteiger charge is -2.28. The number of hydrogen-bond donors (Lipinski definition) is 0. The number of esters is 2. The second-order valence-electron chi connectivity index (χ2n) is 8.85. The number of fused-ring (bicyclic) bond motifs is 1. The number of carbonyl (C=O) groups excluding carboxylic acids is 2. The molecule has 0 atom stereocenters. The number of ether oxygens (including phenoxy) is 2. The number of aryl methyl sites for hydroxylation is 1. The van der Waals surface area contributed by atoms with E-state index in [0.717, 1.165) is 31.8 Å². The first kappa shape index (κ1) is 24.2. The van der Waals surface area contributed by atoms with Crippen LogP contribution < -0.4 is 0 Å². The van der Waals surface area contributed by atoms with Crippen molar-refractivity contribution in [3.63, 3.8) is 0 Å². The summed E-state index contributed by atoms with van der Waals surface area (Å²) in [4.78, 5) is 30.2. The van der Waals surface area contributed by atoms with E-state index in [-0.39, 0.29) is 18.3 Å². The molecule has 0 spiro atoms. The lowest BCUT2D eigenvalue weighted by molar-refractivity contribution is -0.156. The van der Waals surface area contributed by atoms with Gasteiger partial charge in [-0.1, -0.05) is 6.07 Å². The Hall–Kier alpha value is -2.45. The van der Waals surface area contributed by atoms with Crippen molar-refractivity contribution in [1.82, 2.24) is 9.36 Å². The lowest BCUT2D eigenvalue weighted by Crippen LogP contribution is -2.36. The molecule has 3 rings (SSSR count). The van der Waals surface area contributed by atoms with E-state index in [4.69, 9.17) is 9.47 Å². The molecule has 0 radical (unpaired) electrons. The molecule has 0 N–H and O–H groups in total. The lowest BCUT2D eigenvalue weighted by atomic mass is 10.0. The zero-order valence-corrected chi connectivity index (χ0v) is 21.1. The van der Waals surface area contributed by atoms with E-state index < -0.39 is 16.3 Å². The molecule has 0 aliphatic heterocycles. The SMILES string of the molecule is CCOC(=O)c1cc(-c2c(SC(C)(C)C(=O)OC(C)(C)C)ccc3c(C)nsc23)ccn1. The highest BCUT2D eigenvalue weighted by atomic mass is 32.2. The van der Waals surface area contributed by atoms with Gasteiger partial charge in [-0.25, -0.2) is 9.78 Å². The van der Waals surface area contributed by atoms with Crippen molar-refractivity contribution in [1.29, 1.82) is 0 Å². The summed E-state index contributed by atoms with van der Waals surface area (Å²) in [5.74, 6) is -0.756. The van der Waals surface area contributed by atoms with Crippen LogP contribution in [0.2, 0.25) is 0 Å². The van der Waals surface area contributed by atoms with Gasteiger partial charge in [-0.3, -0.25) is 4.79 Å². The van der Waals surface area contributed by atoms with E-state index in [1.165, 1.54) is 23.3 Å². The minimum absolute atomic E-state index is 0.241. The second kappa shape index (κ2) is 9.19. The molecule has 0 saturated carbocycles. The minimum atomic E-state index is -0.827. The third-order valence-electron chi connectivity index (χ3n) is 4.57. The predicted octanol–water partition coefficient (Wildman–Crippen LogP) is 6.06. The van der Waals surface area contributed by atoms with Gasteiger partial charge in [0.05, 0.1) is 17.0 Å². The summed E-state index contributed by atoms with van der Waals surface area (Å²) in [6, 6.07) is 7.61. The molecule has 0 bridgehead atoms. The molecule has 0 fully saturated rings. The number of benzene rings is 1. The Morgan fingerprint density at radius 1 is 1.12 bits per heavy atom. The van der Waals surface area contributed by atoms with Crippen LogP contribution in [-0.2, 0) is 14.3 Å². The van der Waals surface area contributed by atoms with Crippen LogP contribution in [-0.4, -0.2) is 38.3 Å². The van der Waals surface area contributed by atoms with Crippen molar-refractivity contribution in [2.75, 3.05) is 6.61 Å². The van der Waals surface area contributed by atoms with E-state index in [1.807, 2.05) is 59.7 Å². The molecule has 32 heavy (non-hydrogen) atoms. The van der Waals surface area contributed by atoms with E-state index in [2.05, 4.69) is 9.36 Å². The standard InChI is InChI=1S/C24H28N2O4S2/c1-8-29-21(27)17-13-15(11-12-25-17)19-18(10-9-16-14(2)26-32-20(16)19)31-24(6,7)22(28)30-23(3,4)5/h9-13H,8H2,1-7H3. The van der Waals surface area contributed by atoms with Gasteiger partial charge in [-0.15, -0.1) is 11.8 Å². The number of carbonyl (C=O) groups is 2. The van der Waals surface area contributed by atoms with Crippen LogP contribution >= 0.6 is 23.3 Å². The maximum absolute atomic E-state index is 12.9. The van der Waals surface area contributed by atoms with Crippen molar-refractivity contribution in [2.24, 2.45) is 0 Å². The van der Waals surface area contributed by atoms with Crippen LogP contribution in [0.1, 0.15) is 57.7 Å². The topological polar surface area (TPSA) is 78.4 Å². The molecule has 2 aromatic heterocycles. The van der Waals surface area contributed by atoms with Crippen LogP contribution in [0.15, 0.2) is 35.4 Å². The largest absolute Gasteiger partial charge is 0.461 e. The molecule has 3 aromatic rings. The van der Waals surface area contributed by atoms with Crippen LogP contribution in [0.4, 0.5) is 0 Å². The van der Waals surface area contributed by atoms with Gasteiger partial charge >= 0.3 is 11.9 Å². The fraction of sp³-hybridized carbons (Fsp3) is 0.417. The first-order valence-electron chi connectivity index (χ1n) is 10.4. The van der Waals surface area contributed by atoms with Gasteiger partial charge in [0.25, 0.3) is 0 Å². The number of aromatic nitrogens is 2. The highest BCUT2D eigenvalue weighted by Crippen LogP contribution is 2.45. The Bertz CT molecular complexity index is 1160. The van der Waals surface area contributed by atoms with Crippen LogP contribution in [0.25, 0.3) is 21.2 Å². The summed E-state index contributed by atoms with van der Waals surface area (Å²) in [6.45, 7) is 13.3. The monoisotopic (exact) mass is 472 g/mol. The number of thioether (sulfide) groups is 1. The summed E-state index contributed by atoms with van der Waals surface area (Å²) >= 11 is 2.83. The Balaban J connectivity index is 2.12. The molecule has 8 heteroatoms. The molecule has 170 valence electrons. The normalized spacial score (nSPS) is 12.1. The number of hydrogen-bond acceptors (Lipinski definition) is 8. The number of pyridine rings is 1. The maximum Gasteiger partial charge on any atom is 0.356 e. The van der Waals surface area contributed by atoms with Gasteiger partial charge in [-0.2, -0.15) is 4.37 Å². The molecular weight excluding hydrogens is 444 g/mol. The van der Waals surface area contributed by atoms with Crippen molar-refractivity contribution in [3.8, 4) is 11.1 Å². The van der Waals surface area contributed by atoms with Gasteiger partial charge in [0.15, 0.2) is 0 Å². The number of rotatable bonds is 6. The van der Waals surface area contributed by atoms with Gasteiger partial charge in [0.1, 0.15) is 16.0 Å². The third-order valence-corrected chi connectivity index (χ3v) is 6.78. The van der Waals surface area contributed by atoms with Gasteiger partial charge < -0.3 is 9.47 Å². The maximum atomic E-state index is 12.9. The van der Waals surface area contributed by atoms with Crippen molar-refractivity contribution < 1.29 is 19.1 Å². The first-order chi connectivity index (χ1) is 14.9. The molecule has 0 aliphatic rings. The van der Waals surface area contributed by atoms with Crippen LogP contribution in [0.5, 0.6) is 0 Å². The van der Waals surface area contributed by atoms with E-state index in [0.29, 0.717) is 0 Å². The summed E-state index contributed by atoms with van der Waals surface area (Å²) in [5.41, 5.74) is 2.34. The van der Waals surface area contributed by atoms with E-state index in [1.54, 1.807) is 19.2 Å². The van der Waals surface area contributed by atoms with E-state index >= 15 is 0 Å². The average molecular weight is 473 g/mol. The third kappa shape index (κ3) is 5.30. The fourth-order valence-corrected chi connectivity index (χ4v) is 5.24. The minimum Gasteiger partial charge on any atom is -0.461 e. The molecule has 6 nitrogen and oxygen atoms in total. The molecule has 0 amide bonds. The number of nitrogens with zero attached hydrogens (tertiary/aromatic N) is 2. The van der Waals surface area contributed by atoms with Crippen molar-refractivity contribution >= 4 is 45.3 Å². The second-order valence-corrected chi connectivity index (χ2v) is 11.3. The summed E-state index contributed by atoms with van der Waals surface area (Å²) in [6.07, 6.45) is 1.60. The fourth-order valence-electron chi connectivity index (χ4n) is 3.09. The van der Waals surface area contributed by atoms with Crippen LogP contribution in [0.3, 0.4) is 0 Å². The average Bonchev–Trinajstić information content (AvgIpc) is 3.07. The Kier molecular flexibility index (Phi) is 6.95. The van der Waals surface area contributed by atoms with Gasteiger partial charge in [-0.05, 0) is 83.8 Å². The first-order valence-corrected chi connectivity index (χ1v) is 12.0. The van der Waals surface area contributed by atoms with Crippen LogP contribution in [0, 0.1) is 6.92 Å². The smallest absolute Gasteiger partial charge is 0.356 e. The van der Waals surface area contributed by atoms with Gasteiger partial charge in [0.2, 0.25) is 0 Å². The Labute approximate surface area is 196 Å². The summed E-state index contributed by atoms with van der Waals surface area (Å²) in [7, 11) is 0. The van der Waals surface area contributed by atoms with Crippen molar-refractivity contribution in [2.45, 2.75) is 63.7 Å². The van der Waals surface area contributed by atoms with Gasteiger partial charge in [0, 0.05) is 22.0 Å². The highest BCUT2D eigenvalue weighted by Gasteiger charge is 2.35. The molecule has 2 heterocycles. The summed E-state index contributed by atoms with van der Waals surface area (Å²) in [5, 5.41) is 1.04. The molecule has 0 aliphatic carbocycles. The molecule has 0 unspecified atom stereocenters. The molecule has 0 saturated heterocycles. The highest BCUT2D eigenvalue weighted by molar-refractivity contribution is 8.01. The Morgan fingerprint density at radius 3 is 2.50 bits per heavy atom. The van der Waals surface area contributed by atoms with Crippen molar-refractivity contribution in [3.05, 3.63) is 41.9 Å². The predicted molar refractivity (Wildman–Crippen MR) is 129 cm³/mol.